The molecule has 1 fully saturated rings. The predicted molar refractivity (Wildman–Crippen MR) is 96.1 cm³/mol. The number of nitrogens with zero attached hydrogens (tertiary/aromatic N) is 2. The normalized spacial score (nSPS) is 19.9. The summed E-state index contributed by atoms with van der Waals surface area (Å²) in [5.41, 5.74) is -0.594. The summed E-state index contributed by atoms with van der Waals surface area (Å²) in [6, 6.07) is 2.27. The molecule has 0 bridgehead atoms. The van der Waals surface area contributed by atoms with E-state index in [4.69, 9.17) is 9.47 Å². The molecule has 25 heavy (non-hydrogen) atoms. The van der Waals surface area contributed by atoms with E-state index in [-0.39, 0.29) is 24.2 Å². The first-order chi connectivity index (χ1) is 11.5. The average molecular weight is 354 g/mol. The molecule has 6 heteroatoms. The minimum absolute atomic E-state index is 0.0777. The van der Waals surface area contributed by atoms with Crippen LogP contribution in [0.15, 0.2) is 0 Å². The number of carboxylic acid groups (broad SMARTS) is 1. The Morgan fingerprint density at radius 3 is 2.52 bits per heavy atom. The lowest BCUT2D eigenvalue weighted by atomic mass is 9.85. The van der Waals surface area contributed by atoms with E-state index in [2.05, 4.69) is 19.9 Å². The van der Waals surface area contributed by atoms with Gasteiger partial charge >= 0.3 is 6.09 Å². The van der Waals surface area contributed by atoms with Crippen LogP contribution in [-0.4, -0.2) is 47.7 Å². The maximum atomic E-state index is 11.5. The standard InChI is InChI=1S/C19H34N2O4/c1-18(2,3)21(17(22)23)13-15(12-20)9-10-19(4,5)14-25-16-8-6-7-11-24-16/h15-16H,6-11,13-14H2,1-5H3,(H,22,23). The lowest BCUT2D eigenvalue weighted by Crippen LogP contribution is -2.47. The zero-order chi connectivity index (χ0) is 19.1. The van der Waals surface area contributed by atoms with Crippen LogP contribution in [0.2, 0.25) is 0 Å². The Bertz CT molecular complexity index is 459. The molecular weight excluding hydrogens is 320 g/mol. The van der Waals surface area contributed by atoms with Crippen LogP contribution in [0.5, 0.6) is 0 Å². The van der Waals surface area contributed by atoms with E-state index in [1.54, 1.807) is 0 Å². The topological polar surface area (TPSA) is 82.8 Å². The number of rotatable bonds is 8. The molecule has 6 nitrogen and oxygen atoms in total. The third-order valence-corrected chi connectivity index (χ3v) is 4.59. The molecule has 2 atom stereocenters. The molecule has 1 heterocycles. The molecule has 0 spiro atoms. The van der Waals surface area contributed by atoms with E-state index in [1.807, 2.05) is 20.8 Å². The summed E-state index contributed by atoms with van der Waals surface area (Å²) >= 11 is 0. The molecule has 1 aliphatic heterocycles. The van der Waals surface area contributed by atoms with Crippen LogP contribution in [0.1, 0.15) is 66.7 Å². The van der Waals surface area contributed by atoms with E-state index in [0.717, 1.165) is 32.3 Å². The maximum absolute atomic E-state index is 11.5. The highest BCUT2D eigenvalue weighted by Gasteiger charge is 2.30. The van der Waals surface area contributed by atoms with Crippen molar-refractivity contribution >= 4 is 6.09 Å². The molecule has 1 aliphatic rings. The molecule has 1 saturated heterocycles. The first-order valence-electron chi connectivity index (χ1n) is 9.18. The van der Waals surface area contributed by atoms with Gasteiger partial charge in [-0.05, 0) is 58.3 Å². The van der Waals surface area contributed by atoms with Crippen molar-refractivity contribution < 1.29 is 19.4 Å². The number of nitriles is 1. The van der Waals surface area contributed by atoms with E-state index >= 15 is 0 Å². The van der Waals surface area contributed by atoms with Crippen molar-refractivity contribution in [1.29, 1.82) is 5.26 Å². The molecule has 0 aromatic carbocycles. The van der Waals surface area contributed by atoms with Crippen molar-refractivity contribution in [2.24, 2.45) is 11.3 Å². The lowest BCUT2D eigenvalue weighted by Gasteiger charge is -2.35. The van der Waals surface area contributed by atoms with Gasteiger partial charge in [0, 0.05) is 18.7 Å². The molecule has 1 N–H and O–H groups in total. The van der Waals surface area contributed by atoms with Gasteiger partial charge in [0.15, 0.2) is 6.29 Å². The summed E-state index contributed by atoms with van der Waals surface area (Å²) in [7, 11) is 0. The molecule has 0 saturated carbocycles. The van der Waals surface area contributed by atoms with Gasteiger partial charge in [0.25, 0.3) is 0 Å². The van der Waals surface area contributed by atoms with Crippen LogP contribution in [-0.2, 0) is 9.47 Å². The van der Waals surface area contributed by atoms with E-state index < -0.39 is 11.6 Å². The number of amides is 1. The van der Waals surface area contributed by atoms with Gasteiger partial charge in [-0.25, -0.2) is 4.79 Å². The first-order valence-corrected chi connectivity index (χ1v) is 9.18. The van der Waals surface area contributed by atoms with Crippen LogP contribution in [0, 0.1) is 22.7 Å². The van der Waals surface area contributed by atoms with Gasteiger partial charge in [-0.15, -0.1) is 0 Å². The predicted octanol–water partition coefficient (Wildman–Crippen LogP) is 4.25. The van der Waals surface area contributed by atoms with Gasteiger partial charge < -0.3 is 19.5 Å². The molecule has 0 aliphatic carbocycles. The van der Waals surface area contributed by atoms with Crippen LogP contribution in [0.4, 0.5) is 4.79 Å². The van der Waals surface area contributed by atoms with Crippen molar-refractivity contribution in [2.75, 3.05) is 19.8 Å². The van der Waals surface area contributed by atoms with E-state index in [9.17, 15) is 15.2 Å². The van der Waals surface area contributed by atoms with Crippen LogP contribution in [0.25, 0.3) is 0 Å². The zero-order valence-electron chi connectivity index (χ0n) is 16.4. The van der Waals surface area contributed by atoms with Gasteiger partial charge in [0.05, 0.1) is 18.6 Å². The highest BCUT2D eigenvalue weighted by Crippen LogP contribution is 2.28. The van der Waals surface area contributed by atoms with Crippen LogP contribution >= 0.6 is 0 Å². The number of ether oxygens (including phenoxy) is 2. The highest BCUT2D eigenvalue weighted by molar-refractivity contribution is 5.66. The molecule has 2 unspecified atom stereocenters. The van der Waals surface area contributed by atoms with Gasteiger partial charge in [-0.3, -0.25) is 0 Å². The monoisotopic (exact) mass is 354 g/mol. The van der Waals surface area contributed by atoms with Gasteiger partial charge in [0.2, 0.25) is 0 Å². The summed E-state index contributed by atoms with van der Waals surface area (Å²) in [6.07, 6.45) is 3.54. The van der Waals surface area contributed by atoms with Gasteiger partial charge in [-0.2, -0.15) is 5.26 Å². The fraction of sp³-hybridized carbons (Fsp3) is 0.895. The van der Waals surface area contributed by atoms with Crippen LogP contribution < -0.4 is 0 Å². The Morgan fingerprint density at radius 1 is 1.36 bits per heavy atom. The van der Waals surface area contributed by atoms with E-state index in [0.29, 0.717) is 13.0 Å². The highest BCUT2D eigenvalue weighted by atomic mass is 16.7. The fourth-order valence-electron chi connectivity index (χ4n) is 2.85. The second kappa shape index (κ2) is 9.40. The summed E-state index contributed by atoms with van der Waals surface area (Å²) in [5, 5.41) is 18.8. The van der Waals surface area contributed by atoms with Crippen molar-refractivity contribution in [3.8, 4) is 6.07 Å². The van der Waals surface area contributed by atoms with E-state index in [1.165, 1.54) is 4.90 Å². The molecule has 144 valence electrons. The second-order valence-electron chi connectivity index (χ2n) is 8.70. The van der Waals surface area contributed by atoms with Crippen LogP contribution in [0.3, 0.4) is 0 Å². The minimum atomic E-state index is -0.982. The minimum Gasteiger partial charge on any atom is -0.465 e. The Labute approximate surface area is 152 Å². The maximum Gasteiger partial charge on any atom is 0.407 e. The first kappa shape index (κ1) is 21.7. The largest absolute Gasteiger partial charge is 0.465 e. The smallest absolute Gasteiger partial charge is 0.407 e. The molecule has 1 rings (SSSR count). The Balaban J connectivity index is 2.48. The third kappa shape index (κ3) is 8.06. The Kier molecular flexibility index (Phi) is 8.17. The average Bonchev–Trinajstić information content (AvgIpc) is 2.52. The Morgan fingerprint density at radius 2 is 2.04 bits per heavy atom. The van der Waals surface area contributed by atoms with Gasteiger partial charge in [-0.1, -0.05) is 13.8 Å². The van der Waals surface area contributed by atoms with Crippen molar-refractivity contribution in [2.45, 2.75) is 78.6 Å². The summed E-state index contributed by atoms with van der Waals surface area (Å²) in [4.78, 5) is 12.8. The molecule has 1 amide bonds. The number of hydrogen-bond acceptors (Lipinski definition) is 4. The summed E-state index contributed by atoms with van der Waals surface area (Å²) < 4.78 is 11.5. The molecule has 0 radical (unpaired) electrons. The summed E-state index contributed by atoms with van der Waals surface area (Å²) in [6.45, 7) is 11.3. The summed E-state index contributed by atoms with van der Waals surface area (Å²) in [5.74, 6) is -0.319. The van der Waals surface area contributed by atoms with Crippen molar-refractivity contribution in [3.63, 3.8) is 0 Å². The third-order valence-electron chi connectivity index (χ3n) is 4.59. The SMILES string of the molecule is CC(C)(CCC(C#N)CN(C(=O)O)C(C)(C)C)COC1CCCCO1. The molecule has 0 aromatic rings. The Hall–Kier alpha value is -1.32. The quantitative estimate of drug-likeness (QED) is 0.704. The molecule has 0 aromatic heterocycles. The fourth-order valence-corrected chi connectivity index (χ4v) is 2.85. The lowest BCUT2D eigenvalue weighted by molar-refractivity contribution is -0.176. The second-order valence-corrected chi connectivity index (χ2v) is 8.70. The zero-order valence-corrected chi connectivity index (χ0v) is 16.4. The number of hydrogen-bond donors (Lipinski definition) is 1. The number of carbonyl (C=O) groups is 1. The van der Waals surface area contributed by atoms with Crippen molar-refractivity contribution in [3.05, 3.63) is 0 Å². The molecular formula is C19H34N2O4. The van der Waals surface area contributed by atoms with Crippen molar-refractivity contribution in [1.82, 2.24) is 4.90 Å². The van der Waals surface area contributed by atoms with Gasteiger partial charge in [0.1, 0.15) is 0 Å².